The molecule has 144 valence electrons. The van der Waals surface area contributed by atoms with Crippen molar-refractivity contribution in [2.24, 2.45) is 10.9 Å². The van der Waals surface area contributed by atoms with Crippen molar-refractivity contribution in [3.63, 3.8) is 0 Å². The summed E-state index contributed by atoms with van der Waals surface area (Å²) in [4.78, 5) is 10.9. The van der Waals surface area contributed by atoms with E-state index in [1.165, 1.54) is 19.3 Å². The number of hydrogen-bond acceptors (Lipinski definition) is 4. The molecular formula is C18H33IN4O2. The summed E-state index contributed by atoms with van der Waals surface area (Å²) in [5, 5.41) is 3.33. The second-order valence-electron chi connectivity index (χ2n) is 7.53. The molecule has 1 aliphatic rings. The molecule has 0 saturated carbocycles. The second kappa shape index (κ2) is 10.4. The van der Waals surface area contributed by atoms with Crippen LogP contribution in [0.15, 0.2) is 15.6 Å². The molecule has 6 nitrogen and oxygen atoms in total. The van der Waals surface area contributed by atoms with Crippen molar-refractivity contribution in [2.75, 3.05) is 33.9 Å². The minimum atomic E-state index is -0.0204. The van der Waals surface area contributed by atoms with Gasteiger partial charge in [0.1, 0.15) is 5.76 Å². The third kappa shape index (κ3) is 7.13. The summed E-state index contributed by atoms with van der Waals surface area (Å²) in [5.41, 5.74) is -0.0204. The van der Waals surface area contributed by atoms with Gasteiger partial charge in [-0.1, -0.05) is 20.8 Å². The highest BCUT2D eigenvalue weighted by molar-refractivity contribution is 14.0. The summed E-state index contributed by atoms with van der Waals surface area (Å²) in [7, 11) is 3.88. The number of guanidine groups is 1. The molecule has 1 fully saturated rings. The Morgan fingerprint density at radius 3 is 2.60 bits per heavy atom. The lowest BCUT2D eigenvalue weighted by Crippen LogP contribution is -2.39. The summed E-state index contributed by atoms with van der Waals surface area (Å²) >= 11 is 0. The summed E-state index contributed by atoms with van der Waals surface area (Å²) in [6.07, 6.45) is 5.33. The summed E-state index contributed by atoms with van der Waals surface area (Å²) in [5.74, 6) is 3.24. The van der Waals surface area contributed by atoms with E-state index in [1.54, 1.807) is 0 Å². The third-order valence-electron chi connectivity index (χ3n) is 4.48. The van der Waals surface area contributed by atoms with Crippen LogP contribution in [0.3, 0.4) is 0 Å². The van der Waals surface area contributed by atoms with Crippen LogP contribution in [0.4, 0.5) is 0 Å². The van der Waals surface area contributed by atoms with E-state index < -0.39 is 0 Å². The monoisotopic (exact) mass is 464 g/mol. The predicted octanol–water partition coefficient (Wildman–Crippen LogP) is 3.41. The first kappa shape index (κ1) is 22.2. The summed E-state index contributed by atoms with van der Waals surface area (Å²) in [6, 6.07) is 0. The Labute approximate surface area is 168 Å². The third-order valence-corrected chi connectivity index (χ3v) is 4.48. The Hall–Kier alpha value is -0.830. The number of nitrogens with one attached hydrogen (secondary N) is 1. The Morgan fingerprint density at radius 1 is 1.36 bits per heavy atom. The standard InChI is InChI=1S/C18H32N4O2.HI/c1-18(2,3)15-12-20-16(24-15)13-21-17(19-4)22(5)9-6-14-7-10-23-11-8-14;/h12,14H,6-11,13H2,1-5H3,(H,19,21);1H. The van der Waals surface area contributed by atoms with Crippen LogP contribution in [0.25, 0.3) is 0 Å². The number of nitrogens with zero attached hydrogens (tertiary/aromatic N) is 3. The number of ether oxygens (including phenoxy) is 1. The first-order chi connectivity index (χ1) is 11.4. The van der Waals surface area contributed by atoms with Gasteiger partial charge in [-0.3, -0.25) is 4.99 Å². The largest absolute Gasteiger partial charge is 0.443 e. The SMILES string of the molecule is CN=C(NCc1ncc(C(C)(C)C)o1)N(C)CCC1CCOCC1.I. The van der Waals surface area contributed by atoms with Crippen LogP contribution in [0.2, 0.25) is 0 Å². The molecule has 25 heavy (non-hydrogen) atoms. The Balaban J connectivity index is 0.00000312. The van der Waals surface area contributed by atoms with E-state index in [-0.39, 0.29) is 29.4 Å². The molecule has 1 aromatic heterocycles. The van der Waals surface area contributed by atoms with Crippen LogP contribution >= 0.6 is 24.0 Å². The average molecular weight is 464 g/mol. The van der Waals surface area contributed by atoms with E-state index in [0.29, 0.717) is 12.4 Å². The van der Waals surface area contributed by atoms with E-state index >= 15 is 0 Å². The van der Waals surface area contributed by atoms with Crippen molar-refractivity contribution < 1.29 is 9.15 Å². The van der Waals surface area contributed by atoms with Gasteiger partial charge >= 0.3 is 0 Å². The molecule has 0 radical (unpaired) electrons. The molecule has 0 atom stereocenters. The van der Waals surface area contributed by atoms with Gasteiger partial charge in [0.15, 0.2) is 5.96 Å². The molecule has 0 spiro atoms. The van der Waals surface area contributed by atoms with Crippen molar-refractivity contribution in [1.29, 1.82) is 0 Å². The Bertz CT molecular complexity index is 533. The van der Waals surface area contributed by atoms with Gasteiger partial charge in [-0.25, -0.2) is 4.98 Å². The predicted molar refractivity (Wildman–Crippen MR) is 112 cm³/mol. The maximum absolute atomic E-state index is 5.82. The van der Waals surface area contributed by atoms with Gasteiger partial charge in [-0.2, -0.15) is 0 Å². The van der Waals surface area contributed by atoms with Crippen molar-refractivity contribution >= 4 is 29.9 Å². The molecule has 0 bridgehead atoms. The minimum absolute atomic E-state index is 0. The molecule has 0 aromatic carbocycles. The molecule has 1 aromatic rings. The van der Waals surface area contributed by atoms with Crippen molar-refractivity contribution in [3.8, 4) is 0 Å². The minimum Gasteiger partial charge on any atom is -0.443 e. The lowest BCUT2D eigenvalue weighted by Gasteiger charge is -2.26. The highest BCUT2D eigenvalue weighted by Crippen LogP contribution is 2.22. The van der Waals surface area contributed by atoms with Gasteiger partial charge < -0.3 is 19.4 Å². The molecule has 7 heteroatoms. The lowest BCUT2D eigenvalue weighted by molar-refractivity contribution is 0.0625. The highest BCUT2D eigenvalue weighted by Gasteiger charge is 2.19. The van der Waals surface area contributed by atoms with Crippen LogP contribution in [0.1, 0.15) is 51.7 Å². The van der Waals surface area contributed by atoms with Gasteiger partial charge in [0, 0.05) is 39.3 Å². The fraction of sp³-hybridized carbons (Fsp3) is 0.778. The molecule has 0 aliphatic carbocycles. The van der Waals surface area contributed by atoms with Crippen LogP contribution in [-0.4, -0.2) is 49.7 Å². The highest BCUT2D eigenvalue weighted by atomic mass is 127. The normalized spacial score (nSPS) is 16.4. The van der Waals surface area contributed by atoms with Crippen LogP contribution in [-0.2, 0) is 16.7 Å². The second-order valence-corrected chi connectivity index (χ2v) is 7.53. The van der Waals surface area contributed by atoms with E-state index in [9.17, 15) is 0 Å². The molecule has 0 amide bonds. The smallest absolute Gasteiger partial charge is 0.213 e. The molecule has 0 unspecified atom stereocenters. The van der Waals surface area contributed by atoms with Crippen LogP contribution < -0.4 is 5.32 Å². The van der Waals surface area contributed by atoms with Gasteiger partial charge in [-0.05, 0) is 25.2 Å². The lowest BCUT2D eigenvalue weighted by atomic mass is 9.94. The number of hydrogen-bond donors (Lipinski definition) is 1. The Kier molecular flexibility index (Phi) is 9.20. The van der Waals surface area contributed by atoms with Crippen molar-refractivity contribution in [3.05, 3.63) is 17.8 Å². The summed E-state index contributed by atoms with van der Waals surface area (Å²) in [6.45, 7) is 9.70. The van der Waals surface area contributed by atoms with Gasteiger partial charge in [0.2, 0.25) is 5.89 Å². The van der Waals surface area contributed by atoms with Gasteiger partial charge in [0.05, 0.1) is 12.7 Å². The topological polar surface area (TPSA) is 62.9 Å². The maximum atomic E-state index is 5.82. The molecule has 2 heterocycles. The van der Waals surface area contributed by atoms with Crippen molar-refractivity contribution in [2.45, 2.75) is 52.0 Å². The number of oxazole rings is 1. The number of aromatic nitrogens is 1. The van der Waals surface area contributed by atoms with E-state index in [0.717, 1.165) is 37.4 Å². The maximum Gasteiger partial charge on any atom is 0.213 e. The molecule has 2 rings (SSSR count). The molecule has 1 N–H and O–H groups in total. The van der Waals surface area contributed by atoms with Gasteiger partial charge in [0.25, 0.3) is 0 Å². The zero-order valence-electron chi connectivity index (χ0n) is 16.2. The zero-order valence-corrected chi connectivity index (χ0v) is 18.5. The van der Waals surface area contributed by atoms with Gasteiger partial charge in [-0.15, -0.1) is 24.0 Å². The zero-order chi connectivity index (χ0) is 17.6. The molecular weight excluding hydrogens is 431 g/mol. The first-order valence-corrected chi connectivity index (χ1v) is 8.85. The Morgan fingerprint density at radius 2 is 2.04 bits per heavy atom. The number of rotatable bonds is 5. The number of aliphatic imine (C=N–C) groups is 1. The van der Waals surface area contributed by atoms with E-state index in [2.05, 4.69) is 48.0 Å². The molecule has 1 aliphatic heterocycles. The van der Waals surface area contributed by atoms with E-state index in [4.69, 9.17) is 9.15 Å². The van der Waals surface area contributed by atoms with E-state index in [1.807, 2.05) is 13.2 Å². The summed E-state index contributed by atoms with van der Waals surface area (Å²) < 4.78 is 11.2. The van der Waals surface area contributed by atoms with Crippen molar-refractivity contribution in [1.82, 2.24) is 15.2 Å². The average Bonchev–Trinajstić information content (AvgIpc) is 3.04. The quantitative estimate of drug-likeness (QED) is 0.411. The van der Waals surface area contributed by atoms with Crippen LogP contribution in [0, 0.1) is 5.92 Å². The molecule has 1 saturated heterocycles. The first-order valence-electron chi connectivity index (χ1n) is 8.85. The van der Waals surface area contributed by atoms with Crippen LogP contribution in [0.5, 0.6) is 0 Å². The fourth-order valence-corrected chi connectivity index (χ4v) is 2.80. The number of halogens is 1. The fourth-order valence-electron chi connectivity index (χ4n) is 2.80.